The molecule has 1 aromatic rings. The molecule has 0 unspecified atom stereocenters. The van der Waals surface area contributed by atoms with E-state index >= 15 is 0 Å². The van der Waals surface area contributed by atoms with E-state index in [9.17, 15) is 4.79 Å². The first kappa shape index (κ1) is 13.0. The molecular weight excluding hydrogens is 220 g/mol. The summed E-state index contributed by atoms with van der Waals surface area (Å²) in [7, 11) is 0. The summed E-state index contributed by atoms with van der Waals surface area (Å²) < 4.78 is 0. The van der Waals surface area contributed by atoms with E-state index < -0.39 is 0 Å². The smallest absolute Gasteiger partial charge is 0.239 e. The Hall–Kier alpha value is -2.05. The van der Waals surface area contributed by atoms with Crippen molar-refractivity contribution in [3.05, 3.63) is 6.07 Å². The maximum Gasteiger partial charge on any atom is 0.239 e. The van der Waals surface area contributed by atoms with Crippen LogP contribution in [0.1, 0.15) is 13.8 Å². The molecule has 0 saturated carbocycles. The van der Waals surface area contributed by atoms with Crippen LogP contribution in [0.15, 0.2) is 6.07 Å². The maximum atomic E-state index is 11.4. The topological polar surface area (TPSA) is 119 Å². The Kier molecular flexibility index (Phi) is 4.50. The summed E-state index contributed by atoms with van der Waals surface area (Å²) in [6.07, 6.45) is 0. The van der Waals surface area contributed by atoms with Crippen molar-refractivity contribution in [3.63, 3.8) is 0 Å². The molecule has 0 aliphatic carbocycles. The largest absolute Gasteiger partial charge is 0.383 e. The van der Waals surface area contributed by atoms with Gasteiger partial charge in [0.1, 0.15) is 11.6 Å². The van der Waals surface area contributed by atoms with Crippen molar-refractivity contribution in [1.29, 1.82) is 0 Å². The predicted molar refractivity (Wildman–Crippen MR) is 67.2 cm³/mol. The second kappa shape index (κ2) is 5.88. The Morgan fingerprint density at radius 2 is 2.12 bits per heavy atom. The third-order valence-electron chi connectivity index (χ3n) is 1.90. The molecule has 0 saturated heterocycles. The van der Waals surface area contributed by atoms with Gasteiger partial charge in [0.05, 0.1) is 6.54 Å². The number of nitrogens with two attached hydrogens (primary N) is 2. The zero-order valence-corrected chi connectivity index (χ0v) is 10.0. The molecule has 0 atom stereocenters. The SMILES string of the molecule is CC(C)CNC(=O)CNc1cc(N)nc(N)n1. The van der Waals surface area contributed by atoms with E-state index in [0.717, 1.165) is 0 Å². The second-order valence-electron chi connectivity index (χ2n) is 4.09. The van der Waals surface area contributed by atoms with Gasteiger partial charge in [-0.25, -0.2) is 0 Å². The molecule has 0 fully saturated rings. The number of rotatable bonds is 5. The highest BCUT2D eigenvalue weighted by Crippen LogP contribution is 2.08. The van der Waals surface area contributed by atoms with Gasteiger partial charge in [-0.2, -0.15) is 9.97 Å². The summed E-state index contributed by atoms with van der Waals surface area (Å²) in [5.74, 6) is 1.10. The van der Waals surface area contributed by atoms with E-state index in [-0.39, 0.29) is 24.2 Å². The van der Waals surface area contributed by atoms with Gasteiger partial charge in [-0.15, -0.1) is 0 Å². The maximum absolute atomic E-state index is 11.4. The molecular formula is C10H18N6O. The fourth-order valence-electron chi connectivity index (χ4n) is 1.13. The van der Waals surface area contributed by atoms with Crippen molar-refractivity contribution in [3.8, 4) is 0 Å². The summed E-state index contributed by atoms with van der Waals surface area (Å²) in [5.41, 5.74) is 10.9. The van der Waals surface area contributed by atoms with Crippen LogP contribution in [0.2, 0.25) is 0 Å². The van der Waals surface area contributed by atoms with Crippen LogP contribution in [-0.4, -0.2) is 29.0 Å². The summed E-state index contributed by atoms with van der Waals surface area (Å²) in [5, 5.41) is 5.60. The quantitative estimate of drug-likeness (QED) is 0.565. The number of nitrogen functional groups attached to an aromatic ring is 2. The number of hydrogen-bond acceptors (Lipinski definition) is 6. The van der Waals surface area contributed by atoms with Crippen molar-refractivity contribution >= 4 is 23.5 Å². The minimum Gasteiger partial charge on any atom is -0.383 e. The molecule has 1 heterocycles. The van der Waals surface area contributed by atoms with Gasteiger partial charge in [-0.05, 0) is 5.92 Å². The van der Waals surface area contributed by atoms with E-state index in [0.29, 0.717) is 18.3 Å². The van der Waals surface area contributed by atoms with E-state index in [1.165, 1.54) is 6.07 Å². The molecule has 0 bridgehead atoms. The van der Waals surface area contributed by atoms with Crippen LogP contribution in [0.3, 0.4) is 0 Å². The van der Waals surface area contributed by atoms with Crippen LogP contribution in [0.5, 0.6) is 0 Å². The molecule has 94 valence electrons. The third-order valence-corrected chi connectivity index (χ3v) is 1.90. The number of carbonyl (C=O) groups excluding carboxylic acids is 1. The number of nitrogens with zero attached hydrogens (tertiary/aromatic N) is 2. The van der Waals surface area contributed by atoms with Gasteiger partial charge in [-0.3, -0.25) is 4.79 Å². The lowest BCUT2D eigenvalue weighted by Crippen LogP contribution is -2.32. The van der Waals surface area contributed by atoms with Crippen LogP contribution >= 0.6 is 0 Å². The lowest BCUT2D eigenvalue weighted by atomic mass is 10.2. The molecule has 1 amide bonds. The number of nitrogens with one attached hydrogen (secondary N) is 2. The lowest BCUT2D eigenvalue weighted by Gasteiger charge is -2.09. The van der Waals surface area contributed by atoms with Gasteiger partial charge in [0.25, 0.3) is 0 Å². The molecule has 1 aromatic heterocycles. The Morgan fingerprint density at radius 3 is 2.71 bits per heavy atom. The zero-order chi connectivity index (χ0) is 12.8. The molecule has 0 aliphatic heterocycles. The van der Waals surface area contributed by atoms with Gasteiger partial charge >= 0.3 is 0 Å². The number of anilines is 3. The lowest BCUT2D eigenvalue weighted by molar-refractivity contribution is -0.119. The van der Waals surface area contributed by atoms with Gasteiger partial charge < -0.3 is 22.1 Å². The van der Waals surface area contributed by atoms with Crippen LogP contribution in [0, 0.1) is 5.92 Å². The van der Waals surface area contributed by atoms with E-state index in [4.69, 9.17) is 11.5 Å². The Balaban J connectivity index is 2.42. The van der Waals surface area contributed by atoms with Crippen molar-refractivity contribution in [1.82, 2.24) is 15.3 Å². The van der Waals surface area contributed by atoms with Crippen molar-refractivity contribution in [2.24, 2.45) is 5.92 Å². The molecule has 7 nitrogen and oxygen atoms in total. The van der Waals surface area contributed by atoms with E-state index in [1.54, 1.807) is 0 Å². The van der Waals surface area contributed by atoms with Crippen LogP contribution in [-0.2, 0) is 4.79 Å². The normalized spacial score (nSPS) is 10.3. The minimum atomic E-state index is -0.102. The highest BCUT2D eigenvalue weighted by molar-refractivity contribution is 5.80. The third kappa shape index (κ3) is 5.01. The van der Waals surface area contributed by atoms with Gasteiger partial charge in [-0.1, -0.05) is 13.8 Å². The Morgan fingerprint density at radius 1 is 1.41 bits per heavy atom. The molecule has 0 spiro atoms. The van der Waals surface area contributed by atoms with Crippen LogP contribution in [0.4, 0.5) is 17.6 Å². The average Bonchev–Trinajstić information content (AvgIpc) is 2.22. The Labute approximate surface area is 100 Å². The van der Waals surface area contributed by atoms with Gasteiger partial charge in [0.2, 0.25) is 11.9 Å². The first-order valence-corrected chi connectivity index (χ1v) is 5.38. The van der Waals surface area contributed by atoms with Gasteiger partial charge in [0, 0.05) is 12.6 Å². The molecule has 0 aromatic carbocycles. The summed E-state index contributed by atoms with van der Waals surface area (Å²) >= 11 is 0. The van der Waals surface area contributed by atoms with E-state index in [2.05, 4.69) is 20.6 Å². The molecule has 0 aliphatic rings. The number of carbonyl (C=O) groups is 1. The highest BCUT2D eigenvalue weighted by Gasteiger charge is 2.04. The van der Waals surface area contributed by atoms with Gasteiger partial charge in [0.15, 0.2) is 0 Å². The summed E-state index contributed by atoms with van der Waals surface area (Å²) in [4.78, 5) is 19.0. The number of hydrogen-bond donors (Lipinski definition) is 4. The molecule has 7 heteroatoms. The fourth-order valence-corrected chi connectivity index (χ4v) is 1.13. The number of aromatic nitrogens is 2. The number of amides is 1. The highest BCUT2D eigenvalue weighted by atomic mass is 16.1. The summed E-state index contributed by atoms with van der Waals surface area (Å²) in [6.45, 7) is 4.83. The molecule has 0 radical (unpaired) electrons. The molecule has 17 heavy (non-hydrogen) atoms. The first-order valence-electron chi connectivity index (χ1n) is 5.38. The second-order valence-corrected chi connectivity index (χ2v) is 4.09. The standard InChI is InChI=1S/C10H18N6O/c1-6(2)4-14-9(17)5-13-8-3-7(11)15-10(12)16-8/h3,6H,4-5H2,1-2H3,(H,14,17)(H5,11,12,13,15,16). The fraction of sp³-hybridized carbons (Fsp3) is 0.500. The van der Waals surface area contributed by atoms with Crippen LogP contribution in [0.25, 0.3) is 0 Å². The monoisotopic (exact) mass is 238 g/mol. The molecule has 6 N–H and O–H groups in total. The minimum absolute atomic E-state index is 0.0788. The van der Waals surface area contributed by atoms with Crippen molar-refractivity contribution in [2.75, 3.05) is 29.9 Å². The van der Waals surface area contributed by atoms with Crippen molar-refractivity contribution in [2.45, 2.75) is 13.8 Å². The van der Waals surface area contributed by atoms with Crippen LogP contribution < -0.4 is 22.1 Å². The zero-order valence-electron chi connectivity index (χ0n) is 10.0. The van der Waals surface area contributed by atoms with E-state index in [1.807, 2.05) is 13.8 Å². The average molecular weight is 238 g/mol. The molecule has 1 rings (SSSR count). The van der Waals surface area contributed by atoms with Crippen molar-refractivity contribution < 1.29 is 4.79 Å². The summed E-state index contributed by atoms with van der Waals surface area (Å²) in [6, 6.07) is 1.52. The first-order chi connectivity index (χ1) is 7.97. The Bertz CT molecular complexity index is 372. The predicted octanol–water partition coefficient (Wildman–Crippen LogP) is -0.175.